The van der Waals surface area contributed by atoms with E-state index in [2.05, 4.69) is 21.8 Å². The number of pyridine rings is 2. The van der Waals surface area contributed by atoms with Gasteiger partial charge in [0.2, 0.25) is 5.95 Å². The molecule has 0 aliphatic heterocycles. The molecular weight excluding hydrogens is 191 g/mol. The molecule has 2 aromatic heterocycles. The Morgan fingerprint density at radius 1 is 1.00 bits per heavy atom. The first-order valence-electron chi connectivity index (χ1n) is 4.39. The average molecular weight is 198 g/mol. The van der Waals surface area contributed by atoms with Gasteiger partial charge in [-0.2, -0.15) is 4.39 Å². The van der Waals surface area contributed by atoms with E-state index in [1.54, 1.807) is 18.3 Å². The molecule has 0 unspecified atom stereocenters. The molecule has 0 aliphatic rings. The Morgan fingerprint density at radius 2 is 1.93 bits per heavy atom. The largest absolute Gasteiger partial charge is 0.248 e. The summed E-state index contributed by atoms with van der Waals surface area (Å²) in [6.07, 6.45) is 3.05. The summed E-state index contributed by atoms with van der Waals surface area (Å²) in [5, 5.41) is 0. The Balaban J connectivity index is 2.26. The second-order valence-electron chi connectivity index (χ2n) is 2.83. The van der Waals surface area contributed by atoms with Crippen molar-refractivity contribution in [3.8, 4) is 11.8 Å². The van der Waals surface area contributed by atoms with Crippen LogP contribution in [0.5, 0.6) is 0 Å². The lowest BCUT2D eigenvalue weighted by Gasteiger charge is -1.89. The summed E-state index contributed by atoms with van der Waals surface area (Å²) in [4.78, 5) is 7.48. The predicted octanol–water partition coefficient (Wildman–Crippen LogP) is 2.02. The van der Waals surface area contributed by atoms with Crippen LogP contribution in [0.15, 0.2) is 42.7 Å². The molecule has 0 saturated heterocycles. The second kappa shape index (κ2) is 4.34. The van der Waals surface area contributed by atoms with E-state index in [4.69, 9.17) is 0 Å². The smallest absolute Gasteiger partial charge is 0.214 e. The molecule has 0 fully saturated rings. The number of aromatic nitrogens is 2. The summed E-state index contributed by atoms with van der Waals surface area (Å²) < 4.78 is 12.7. The normalized spacial score (nSPS) is 9.13. The van der Waals surface area contributed by atoms with E-state index in [1.807, 2.05) is 12.1 Å². The van der Waals surface area contributed by atoms with Crippen molar-refractivity contribution in [2.75, 3.05) is 0 Å². The topological polar surface area (TPSA) is 25.8 Å². The van der Waals surface area contributed by atoms with Gasteiger partial charge in [-0.25, -0.2) is 9.97 Å². The maximum Gasteiger partial charge on any atom is 0.214 e. The lowest BCUT2D eigenvalue weighted by atomic mass is 10.2. The first-order valence-corrected chi connectivity index (χ1v) is 4.39. The highest BCUT2D eigenvalue weighted by molar-refractivity contribution is 5.38. The molecule has 0 amide bonds. The van der Waals surface area contributed by atoms with Crippen LogP contribution in [0.25, 0.3) is 0 Å². The predicted molar refractivity (Wildman–Crippen MR) is 54.4 cm³/mol. The van der Waals surface area contributed by atoms with Gasteiger partial charge >= 0.3 is 0 Å². The van der Waals surface area contributed by atoms with Gasteiger partial charge < -0.3 is 0 Å². The third-order valence-corrected chi connectivity index (χ3v) is 1.73. The van der Waals surface area contributed by atoms with Gasteiger partial charge in [-0.1, -0.05) is 12.0 Å². The Bertz CT molecular complexity index is 512. The molecule has 2 aromatic rings. The highest BCUT2D eigenvalue weighted by atomic mass is 19.1. The molecular formula is C12H7FN2. The van der Waals surface area contributed by atoms with Crippen LogP contribution >= 0.6 is 0 Å². The second-order valence-corrected chi connectivity index (χ2v) is 2.83. The van der Waals surface area contributed by atoms with Crippen molar-refractivity contribution in [2.24, 2.45) is 0 Å². The van der Waals surface area contributed by atoms with E-state index < -0.39 is 5.95 Å². The summed E-state index contributed by atoms with van der Waals surface area (Å²) in [6, 6.07) is 8.40. The zero-order valence-electron chi connectivity index (χ0n) is 7.81. The van der Waals surface area contributed by atoms with Crippen molar-refractivity contribution >= 4 is 0 Å². The lowest BCUT2D eigenvalue weighted by Crippen LogP contribution is -1.83. The minimum atomic E-state index is -0.525. The maximum atomic E-state index is 12.7. The third kappa shape index (κ3) is 2.61. The van der Waals surface area contributed by atoms with Crippen molar-refractivity contribution in [3.63, 3.8) is 0 Å². The van der Waals surface area contributed by atoms with E-state index >= 15 is 0 Å². The Kier molecular flexibility index (Phi) is 2.70. The zero-order valence-corrected chi connectivity index (χ0v) is 7.81. The van der Waals surface area contributed by atoms with Crippen LogP contribution in [0.3, 0.4) is 0 Å². The summed E-state index contributed by atoms with van der Waals surface area (Å²) in [7, 11) is 0. The van der Waals surface area contributed by atoms with Gasteiger partial charge in [-0.3, -0.25) is 0 Å². The van der Waals surface area contributed by atoms with Crippen LogP contribution in [-0.4, -0.2) is 9.97 Å². The van der Waals surface area contributed by atoms with Crippen molar-refractivity contribution < 1.29 is 4.39 Å². The van der Waals surface area contributed by atoms with E-state index in [0.717, 1.165) is 0 Å². The van der Waals surface area contributed by atoms with Gasteiger partial charge in [-0.05, 0) is 24.1 Å². The van der Waals surface area contributed by atoms with Gasteiger partial charge in [0.25, 0.3) is 0 Å². The molecule has 0 aromatic carbocycles. The number of halogens is 1. The summed E-state index contributed by atoms with van der Waals surface area (Å²) in [5.74, 6) is 5.12. The van der Waals surface area contributed by atoms with Crippen molar-refractivity contribution in [1.29, 1.82) is 0 Å². The van der Waals surface area contributed by atoms with E-state index in [-0.39, 0.29) is 0 Å². The SMILES string of the molecule is Fc1cc(C#Cc2ccccn2)ccn1. The van der Waals surface area contributed by atoms with Crippen LogP contribution < -0.4 is 0 Å². The Labute approximate surface area is 86.8 Å². The van der Waals surface area contributed by atoms with Crippen LogP contribution in [-0.2, 0) is 0 Å². The van der Waals surface area contributed by atoms with Crippen LogP contribution in [0.4, 0.5) is 4.39 Å². The van der Waals surface area contributed by atoms with Crippen LogP contribution in [0, 0.1) is 17.8 Å². The number of hydrogen-bond acceptors (Lipinski definition) is 2. The minimum Gasteiger partial charge on any atom is -0.248 e. The summed E-state index contributed by atoms with van der Waals surface area (Å²) >= 11 is 0. The molecule has 2 rings (SSSR count). The van der Waals surface area contributed by atoms with E-state index in [1.165, 1.54) is 12.3 Å². The molecule has 72 valence electrons. The molecule has 2 heterocycles. The molecule has 3 heteroatoms. The molecule has 0 N–H and O–H groups in total. The van der Waals surface area contributed by atoms with E-state index in [9.17, 15) is 4.39 Å². The average Bonchev–Trinajstić information content (AvgIpc) is 2.28. The fourth-order valence-corrected chi connectivity index (χ4v) is 1.05. The van der Waals surface area contributed by atoms with Crippen molar-refractivity contribution in [1.82, 2.24) is 9.97 Å². The molecule has 0 spiro atoms. The highest BCUT2D eigenvalue weighted by Gasteiger charge is 1.91. The summed E-state index contributed by atoms with van der Waals surface area (Å²) in [5.41, 5.74) is 1.25. The molecule has 0 radical (unpaired) electrons. The molecule has 15 heavy (non-hydrogen) atoms. The number of nitrogens with zero attached hydrogens (tertiary/aromatic N) is 2. The zero-order chi connectivity index (χ0) is 10.5. The monoisotopic (exact) mass is 198 g/mol. The summed E-state index contributed by atoms with van der Waals surface area (Å²) in [6.45, 7) is 0. The Morgan fingerprint density at radius 3 is 2.67 bits per heavy atom. The maximum absolute atomic E-state index is 12.7. The van der Waals surface area contributed by atoms with Crippen molar-refractivity contribution in [2.45, 2.75) is 0 Å². The quantitative estimate of drug-likeness (QED) is 0.478. The lowest BCUT2D eigenvalue weighted by molar-refractivity contribution is 0.583. The molecule has 0 bridgehead atoms. The highest BCUT2D eigenvalue weighted by Crippen LogP contribution is 1.98. The van der Waals surface area contributed by atoms with Gasteiger partial charge in [0.1, 0.15) is 5.69 Å². The molecule has 0 atom stereocenters. The van der Waals surface area contributed by atoms with E-state index in [0.29, 0.717) is 11.3 Å². The third-order valence-electron chi connectivity index (χ3n) is 1.73. The number of hydrogen-bond donors (Lipinski definition) is 0. The standard InChI is InChI=1S/C12H7FN2/c13-12-9-10(6-8-15-12)4-5-11-3-1-2-7-14-11/h1-3,6-9H. The van der Waals surface area contributed by atoms with Gasteiger partial charge in [0, 0.05) is 24.0 Å². The fraction of sp³-hybridized carbons (Fsp3) is 0. The van der Waals surface area contributed by atoms with Crippen LogP contribution in [0.1, 0.15) is 11.3 Å². The first kappa shape index (κ1) is 9.35. The number of rotatable bonds is 0. The fourth-order valence-electron chi connectivity index (χ4n) is 1.05. The minimum absolute atomic E-state index is 0.525. The van der Waals surface area contributed by atoms with Gasteiger partial charge in [0.15, 0.2) is 0 Å². The molecule has 0 aliphatic carbocycles. The van der Waals surface area contributed by atoms with Gasteiger partial charge in [0.05, 0.1) is 0 Å². The Hall–Kier alpha value is -2.21. The van der Waals surface area contributed by atoms with Crippen LogP contribution in [0.2, 0.25) is 0 Å². The van der Waals surface area contributed by atoms with Crippen molar-refractivity contribution in [3.05, 3.63) is 59.9 Å². The van der Waals surface area contributed by atoms with Gasteiger partial charge in [-0.15, -0.1) is 0 Å². The first-order chi connectivity index (χ1) is 7.34. The molecule has 0 saturated carbocycles. The molecule has 2 nitrogen and oxygen atoms in total.